The molecule has 0 unspecified atom stereocenters. The van der Waals surface area contributed by atoms with E-state index in [0.29, 0.717) is 0 Å². The lowest BCUT2D eigenvalue weighted by molar-refractivity contribution is 0.771. The summed E-state index contributed by atoms with van der Waals surface area (Å²) in [4.78, 5) is 5.76. The van der Waals surface area contributed by atoms with Gasteiger partial charge in [-0.15, -0.1) is 0 Å². The Morgan fingerprint density at radius 2 is 1.56 bits per heavy atom. The number of hydrogen-bond donors (Lipinski definition) is 1. The average Bonchev–Trinajstić information content (AvgIpc) is 3.25. The topological polar surface area (TPSA) is 24.0 Å². The van der Waals surface area contributed by atoms with Gasteiger partial charge in [0.2, 0.25) is 0 Å². The smallest absolute Gasteiger partial charge is 0.0488 e. The summed E-state index contributed by atoms with van der Waals surface area (Å²) in [6.07, 6.45) is 0. The molecule has 0 aliphatic heterocycles. The number of hydrogen-bond acceptors (Lipinski definition) is 1. The van der Waals surface area contributed by atoms with E-state index in [1.165, 1.54) is 66.7 Å². The number of nitrogens with zero attached hydrogens (tertiary/aromatic N) is 2. The van der Waals surface area contributed by atoms with Crippen molar-refractivity contribution in [3.8, 4) is 22.3 Å². The Labute approximate surface area is 190 Å². The summed E-state index contributed by atoms with van der Waals surface area (Å²) < 4.78 is 2.44. The predicted molar refractivity (Wildman–Crippen MR) is 139 cm³/mol. The summed E-state index contributed by atoms with van der Waals surface area (Å²) >= 11 is 0. The highest BCUT2D eigenvalue weighted by molar-refractivity contribution is 6.12. The van der Waals surface area contributed by atoms with Gasteiger partial charge in [-0.25, -0.2) is 0 Å². The highest BCUT2D eigenvalue weighted by Crippen LogP contribution is 2.45. The fourth-order valence-corrected chi connectivity index (χ4v) is 5.17. The molecule has 0 radical (unpaired) electrons. The lowest BCUT2D eigenvalue weighted by Crippen LogP contribution is -2.07. The van der Waals surface area contributed by atoms with Gasteiger partial charge in [0.15, 0.2) is 0 Å². The van der Waals surface area contributed by atoms with Crippen molar-refractivity contribution in [2.24, 2.45) is 0 Å². The van der Waals surface area contributed by atoms with Gasteiger partial charge in [-0.2, -0.15) is 0 Å². The molecule has 5 aromatic rings. The normalized spacial score (nSPS) is 11.6. The number of aromatic nitrogens is 2. The third kappa shape index (κ3) is 2.96. The first-order chi connectivity index (χ1) is 15.4. The number of anilines is 1. The van der Waals surface area contributed by atoms with Gasteiger partial charge in [0.1, 0.15) is 0 Å². The second-order valence-electron chi connectivity index (χ2n) is 8.95. The summed E-state index contributed by atoms with van der Waals surface area (Å²) in [5.41, 5.74) is 12.8. The Kier molecular flexibility index (Phi) is 4.85. The molecule has 0 spiro atoms. The summed E-state index contributed by atoms with van der Waals surface area (Å²) in [7, 11) is 4.17. The predicted octanol–water partition coefficient (Wildman–Crippen LogP) is 7.47. The number of aromatic amines is 1. The van der Waals surface area contributed by atoms with E-state index < -0.39 is 0 Å². The molecular formula is C29H31N3. The van der Waals surface area contributed by atoms with Crippen LogP contribution in [0.5, 0.6) is 0 Å². The van der Waals surface area contributed by atoms with Crippen molar-refractivity contribution in [3.05, 3.63) is 77.6 Å². The van der Waals surface area contributed by atoms with Crippen molar-refractivity contribution in [2.45, 2.75) is 34.2 Å². The third-order valence-corrected chi connectivity index (χ3v) is 6.96. The molecule has 0 fully saturated rings. The summed E-state index contributed by atoms with van der Waals surface area (Å²) in [5, 5.41) is 2.66. The molecule has 0 bridgehead atoms. The molecule has 0 saturated carbocycles. The van der Waals surface area contributed by atoms with Crippen molar-refractivity contribution in [3.63, 3.8) is 0 Å². The number of H-pyrrole nitrogens is 1. The maximum Gasteiger partial charge on any atom is 0.0488 e. The second-order valence-corrected chi connectivity index (χ2v) is 8.95. The first-order valence-corrected chi connectivity index (χ1v) is 11.4. The molecule has 0 atom stereocenters. The number of fused-ring (bicyclic) bond motifs is 2. The molecule has 2 aromatic heterocycles. The largest absolute Gasteiger partial charge is 0.378 e. The van der Waals surface area contributed by atoms with Crippen LogP contribution in [0, 0.1) is 20.8 Å². The van der Waals surface area contributed by atoms with Crippen molar-refractivity contribution >= 4 is 27.5 Å². The van der Waals surface area contributed by atoms with E-state index >= 15 is 0 Å². The molecule has 3 aromatic carbocycles. The summed E-state index contributed by atoms with van der Waals surface area (Å²) in [5.74, 6) is 0. The molecule has 5 rings (SSSR count). The maximum atomic E-state index is 3.61. The number of para-hydroxylation sites is 1. The lowest BCUT2D eigenvalue weighted by Gasteiger charge is -2.16. The molecule has 0 aliphatic carbocycles. The first kappa shape index (κ1) is 20.4. The monoisotopic (exact) mass is 421 g/mol. The van der Waals surface area contributed by atoms with Gasteiger partial charge in [-0.05, 0) is 68.7 Å². The Hall–Kier alpha value is -3.46. The van der Waals surface area contributed by atoms with Gasteiger partial charge in [0.05, 0.1) is 0 Å². The number of nitrogens with one attached hydrogen (secondary N) is 1. The minimum atomic E-state index is 0.959. The zero-order valence-electron chi connectivity index (χ0n) is 19.9. The Morgan fingerprint density at radius 1 is 0.844 bits per heavy atom. The number of rotatable bonds is 4. The van der Waals surface area contributed by atoms with Crippen molar-refractivity contribution in [2.75, 3.05) is 19.0 Å². The quantitative estimate of drug-likeness (QED) is 0.320. The molecule has 3 nitrogen and oxygen atoms in total. The lowest BCUT2D eigenvalue weighted by atomic mass is 9.89. The first-order valence-electron chi connectivity index (χ1n) is 11.4. The van der Waals surface area contributed by atoms with E-state index in [-0.39, 0.29) is 0 Å². The van der Waals surface area contributed by atoms with Crippen LogP contribution in [0.4, 0.5) is 5.69 Å². The Bertz CT molecular complexity index is 1450. The van der Waals surface area contributed by atoms with Crippen LogP contribution in [-0.2, 0) is 6.54 Å². The van der Waals surface area contributed by atoms with Gasteiger partial charge >= 0.3 is 0 Å². The second kappa shape index (κ2) is 7.59. The van der Waals surface area contributed by atoms with Crippen LogP contribution in [0.3, 0.4) is 0 Å². The fourth-order valence-electron chi connectivity index (χ4n) is 5.17. The van der Waals surface area contributed by atoms with Gasteiger partial charge in [0.25, 0.3) is 0 Å². The highest BCUT2D eigenvalue weighted by atomic mass is 15.1. The molecular weight excluding hydrogens is 390 g/mol. The Morgan fingerprint density at radius 3 is 2.25 bits per heavy atom. The summed E-state index contributed by atoms with van der Waals surface area (Å²) in [6, 6.07) is 22.3. The molecule has 1 N–H and O–H groups in total. The Balaban J connectivity index is 1.92. The molecule has 162 valence electrons. The maximum absolute atomic E-state index is 3.61. The highest BCUT2D eigenvalue weighted by Gasteiger charge is 2.22. The van der Waals surface area contributed by atoms with Crippen LogP contribution < -0.4 is 4.90 Å². The van der Waals surface area contributed by atoms with Crippen molar-refractivity contribution in [1.82, 2.24) is 9.55 Å². The zero-order valence-corrected chi connectivity index (χ0v) is 19.9. The van der Waals surface area contributed by atoms with Crippen LogP contribution in [-0.4, -0.2) is 23.6 Å². The van der Waals surface area contributed by atoms with E-state index in [9.17, 15) is 0 Å². The van der Waals surface area contributed by atoms with Crippen LogP contribution in [0.25, 0.3) is 44.1 Å². The van der Waals surface area contributed by atoms with Gasteiger partial charge in [0, 0.05) is 70.6 Å². The van der Waals surface area contributed by atoms with E-state index in [0.717, 1.165) is 6.54 Å². The van der Waals surface area contributed by atoms with Gasteiger partial charge in [-0.3, -0.25) is 0 Å². The third-order valence-electron chi connectivity index (χ3n) is 6.96. The van der Waals surface area contributed by atoms with E-state index in [1.807, 2.05) is 0 Å². The molecule has 0 saturated heterocycles. The molecule has 0 amide bonds. The van der Waals surface area contributed by atoms with Gasteiger partial charge in [-0.1, -0.05) is 36.4 Å². The van der Waals surface area contributed by atoms with E-state index in [4.69, 9.17) is 0 Å². The fraction of sp³-hybridized carbons (Fsp3) is 0.241. The number of aryl methyl sites for hydroxylation is 3. The molecule has 32 heavy (non-hydrogen) atoms. The SMILES string of the molecule is CCn1c(C)c(-c2c(-c3ccc(N(C)C)cc3)ccc3[nH]c(C)c(C)c23)c2ccccc21. The molecule has 3 heteroatoms. The van der Waals surface area contributed by atoms with Crippen LogP contribution in [0.15, 0.2) is 60.7 Å². The van der Waals surface area contributed by atoms with E-state index in [2.05, 4.69) is 117 Å². The number of benzene rings is 3. The summed E-state index contributed by atoms with van der Waals surface area (Å²) in [6.45, 7) is 9.87. The van der Waals surface area contributed by atoms with Crippen molar-refractivity contribution in [1.29, 1.82) is 0 Å². The van der Waals surface area contributed by atoms with Crippen molar-refractivity contribution < 1.29 is 0 Å². The minimum absolute atomic E-state index is 0.959. The van der Waals surface area contributed by atoms with Gasteiger partial charge < -0.3 is 14.5 Å². The van der Waals surface area contributed by atoms with Crippen LogP contribution in [0.2, 0.25) is 0 Å². The van der Waals surface area contributed by atoms with Crippen LogP contribution in [0.1, 0.15) is 23.9 Å². The molecule has 0 aliphatic rings. The molecule has 2 heterocycles. The minimum Gasteiger partial charge on any atom is -0.378 e. The zero-order chi connectivity index (χ0) is 22.6. The average molecular weight is 422 g/mol. The standard InChI is InChI=1S/C29H31N3/c1-7-32-20(4)28(24-10-8-9-11-26(24)32)29-23(21-12-14-22(15-13-21)31(5)6)16-17-25-27(29)18(2)19(3)30-25/h8-17,30H,7H2,1-6H3. The van der Waals surface area contributed by atoms with Crippen LogP contribution >= 0.6 is 0 Å². The van der Waals surface area contributed by atoms with E-state index in [1.54, 1.807) is 0 Å².